The summed E-state index contributed by atoms with van der Waals surface area (Å²) in [6.07, 6.45) is 0. The average molecular weight is 349 g/mol. The molecule has 0 aromatic heterocycles. The number of likely N-dealkylation sites (N-methyl/N-ethyl adjacent to an activating group) is 1. The number of halogens is 1. The molecule has 2 aromatic rings. The molecule has 0 bridgehead atoms. The van der Waals surface area contributed by atoms with E-state index in [4.69, 9.17) is 16.3 Å². The minimum atomic E-state index is -0.460. The predicted molar refractivity (Wildman–Crippen MR) is 91.2 cm³/mol. The summed E-state index contributed by atoms with van der Waals surface area (Å²) in [6, 6.07) is 12.8. The number of nitro benzene ring substituents is 1. The number of amides is 1. The molecule has 0 saturated heterocycles. The Morgan fingerprint density at radius 1 is 1.29 bits per heavy atom. The van der Waals surface area contributed by atoms with Crippen LogP contribution >= 0.6 is 11.6 Å². The van der Waals surface area contributed by atoms with Gasteiger partial charge in [0.2, 0.25) is 0 Å². The molecular formula is C17H17ClN2O4. The number of nitrogens with zero attached hydrogens (tertiary/aromatic N) is 2. The van der Waals surface area contributed by atoms with Gasteiger partial charge in [-0.3, -0.25) is 14.9 Å². The molecule has 0 spiro atoms. The summed E-state index contributed by atoms with van der Waals surface area (Å²) in [6.45, 7) is 1.63. The number of nitro groups is 1. The molecule has 0 heterocycles. The lowest BCUT2D eigenvalue weighted by Gasteiger charge is -2.25. The van der Waals surface area contributed by atoms with E-state index in [1.54, 1.807) is 50.4 Å². The zero-order valence-corrected chi connectivity index (χ0v) is 14.1. The van der Waals surface area contributed by atoms with Gasteiger partial charge in [0, 0.05) is 19.2 Å². The predicted octanol–water partition coefficient (Wildman–Crippen LogP) is 3.85. The normalized spacial score (nSPS) is 11.6. The molecule has 2 aromatic carbocycles. The minimum absolute atomic E-state index is 0.00693. The van der Waals surface area contributed by atoms with E-state index in [9.17, 15) is 14.9 Å². The van der Waals surface area contributed by atoms with E-state index < -0.39 is 4.92 Å². The second-order valence-corrected chi connectivity index (χ2v) is 5.66. The van der Waals surface area contributed by atoms with Gasteiger partial charge < -0.3 is 9.64 Å². The Kier molecular flexibility index (Phi) is 5.76. The van der Waals surface area contributed by atoms with E-state index in [1.165, 1.54) is 17.0 Å². The first-order chi connectivity index (χ1) is 11.4. The Hall–Kier alpha value is -2.60. The molecule has 0 fully saturated rings. The maximum atomic E-state index is 12.3. The Labute approximate surface area is 144 Å². The highest BCUT2D eigenvalue weighted by Gasteiger charge is 2.20. The van der Waals surface area contributed by atoms with Crippen LogP contribution in [0.4, 0.5) is 5.69 Å². The molecule has 24 heavy (non-hydrogen) atoms. The highest BCUT2D eigenvalue weighted by Crippen LogP contribution is 2.25. The summed E-state index contributed by atoms with van der Waals surface area (Å²) in [5.41, 5.74) is 0.672. The zero-order chi connectivity index (χ0) is 17.7. The fourth-order valence-electron chi connectivity index (χ4n) is 2.14. The first kappa shape index (κ1) is 17.7. The molecule has 0 N–H and O–H groups in total. The standard InChI is InChI=1S/C17H17ClN2O4/c1-12(13-6-5-7-14(10-13)20(22)23)19(2)17(21)11-24-16-9-4-3-8-15(16)18/h3-10,12H,11H2,1-2H3/t12-/m1/s1. The number of hydrogen-bond donors (Lipinski definition) is 0. The van der Waals surface area contributed by atoms with Gasteiger partial charge in [0.15, 0.2) is 6.61 Å². The second kappa shape index (κ2) is 7.79. The van der Waals surface area contributed by atoms with Gasteiger partial charge in [-0.1, -0.05) is 35.9 Å². The van der Waals surface area contributed by atoms with Gasteiger partial charge in [-0.15, -0.1) is 0 Å². The molecule has 0 saturated carbocycles. The van der Waals surface area contributed by atoms with Crippen molar-refractivity contribution in [2.45, 2.75) is 13.0 Å². The van der Waals surface area contributed by atoms with Gasteiger partial charge in [0.05, 0.1) is 16.0 Å². The summed E-state index contributed by atoms with van der Waals surface area (Å²) < 4.78 is 5.44. The third-order valence-corrected chi connectivity index (χ3v) is 4.04. The lowest BCUT2D eigenvalue weighted by molar-refractivity contribution is -0.384. The smallest absolute Gasteiger partial charge is 0.269 e. The molecule has 0 unspecified atom stereocenters. The number of ether oxygens (including phenoxy) is 1. The van der Waals surface area contributed by atoms with Crippen LogP contribution in [0.2, 0.25) is 5.02 Å². The van der Waals surface area contributed by atoms with Gasteiger partial charge in [0.25, 0.3) is 11.6 Å². The fraction of sp³-hybridized carbons (Fsp3) is 0.235. The molecular weight excluding hydrogens is 332 g/mol. The molecule has 2 rings (SSSR count). The Balaban J connectivity index is 2.03. The number of para-hydroxylation sites is 1. The van der Waals surface area contributed by atoms with Crippen LogP contribution in [-0.2, 0) is 4.79 Å². The van der Waals surface area contributed by atoms with Gasteiger partial charge in [0.1, 0.15) is 5.75 Å². The molecule has 126 valence electrons. The van der Waals surface area contributed by atoms with E-state index in [-0.39, 0.29) is 24.2 Å². The van der Waals surface area contributed by atoms with Crippen LogP contribution < -0.4 is 4.74 Å². The Morgan fingerprint density at radius 2 is 2.00 bits per heavy atom. The van der Waals surface area contributed by atoms with E-state index in [0.717, 1.165) is 0 Å². The Morgan fingerprint density at radius 3 is 2.67 bits per heavy atom. The number of carbonyl (C=O) groups is 1. The SMILES string of the molecule is C[C@H](c1cccc([N+](=O)[O-])c1)N(C)C(=O)COc1ccccc1Cl. The number of benzene rings is 2. The Bertz CT molecular complexity index is 751. The summed E-state index contributed by atoms with van der Waals surface area (Å²) in [4.78, 5) is 24.2. The van der Waals surface area contributed by atoms with Crippen LogP contribution in [0.1, 0.15) is 18.5 Å². The van der Waals surface area contributed by atoms with Crippen LogP contribution in [0.5, 0.6) is 5.75 Å². The number of hydrogen-bond acceptors (Lipinski definition) is 4. The van der Waals surface area contributed by atoms with Crippen molar-refractivity contribution in [3.05, 3.63) is 69.2 Å². The van der Waals surface area contributed by atoms with E-state index >= 15 is 0 Å². The first-order valence-corrected chi connectivity index (χ1v) is 7.65. The highest BCUT2D eigenvalue weighted by atomic mass is 35.5. The summed E-state index contributed by atoms with van der Waals surface area (Å²) in [7, 11) is 1.63. The van der Waals surface area contributed by atoms with Gasteiger partial charge >= 0.3 is 0 Å². The molecule has 0 aliphatic rings. The molecule has 1 amide bonds. The molecule has 1 atom stereocenters. The lowest BCUT2D eigenvalue weighted by atomic mass is 10.1. The summed E-state index contributed by atoms with van der Waals surface area (Å²) in [5.74, 6) is 0.179. The lowest BCUT2D eigenvalue weighted by Crippen LogP contribution is -2.33. The van der Waals surface area contributed by atoms with Crippen LogP contribution in [-0.4, -0.2) is 29.4 Å². The summed E-state index contributed by atoms with van der Waals surface area (Å²) >= 11 is 5.98. The minimum Gasteiger partial charge on any atom is -0.482 e. The maximum Gasteiger partial charge on any atom is 0.269 e. The van der Waals surface area contributed by atoms with Crippen LogP contribution in [0.15, 0.2) is 48.5 Å². The van der Waals surface area contributed by atoms with E-state index in [1.807, 2.05) is 0 Å². The van der Waals surface area contributed by atoms with E-state index in [2.05, 4.69) is 0 Å². The van der Waals surface area contributed by atoms with Crippen molar-refractivity contribution in [1.82, 2.24) is 4.90 Å². The second-order valence-electron chi connectivity index (χ2n) is 5.25. The number of non-ortho nitro benzene ring substituents is 1. The molecule has 0 radical (unpaired) electrons. The van der Waals surface area contributed by atoms with Gasteiger partial charge in [-0.25, -0.2) is 0 Å². The highest BCUT2D eigenvalue weighted by molar-refractivity contribution is 6.32. The molecule has 6 nitrogen and oxygen atoms in total. The largest absolute Gasteiger partial charge is 0.482 e. The van der Waals surface area contributed by atoms with Crippen molar-refractivity contribution in [1.29, 1.82) is 0 Å². The topological polar surface area (TPSA) is 72.7 Å². The van der Waals surface area contributed by atoms with Crippen LogP contribution in [0.25, 0.3) is 0 Å². The maximum absolute atomic E-state index is 12.3. The third kappa shape index (κ3) is 4.23. The van der Waals surface area contributed by atoms with Crippen molar-refractivity contribution >= 4 is 23.2 Å². The molecule has 0 aliphatic carbocycles. The van der Waals surface area contributed by atoms with Gasteiger partial charge in [-0.05, 0) is 24.6 Å². The van der Waals surface area contributed by atoms with Crippen molar-refractivity contribution in [2.24, 2.45) is 0 Å². The number of carbonyl (C=O) groups excluding carboxylic acids is 1. The van der Waals surface area contributed by atoms with Crippen molar-refractivity contribution in [3.63, 3.8) is 0 Å². The fourth-order valence-corrected chi connectivity index (χ4v) is 2.33. The quantitative estimate of drug-likeness (QED) is 0.587. The molecule has 0 aliphatic heterocycles. The monoisotopic (exact) mass is 348 g/mol. The van der Waals surface area contributed by atoms with Crippen LogP contribution in [0.3, 0.4) is 0 Å². The van der Waals surface area contributed by atoms with E-state index in [0.29, 0.717) is 16.3 Å². The first-order valence-electron chi connectivity index (χ1n) is 7.27. The zero-order valence-electron chi connectivity index (χ0n) is 13.3. The van der Waals surface area contributed by atoms with Crippen molar-refractivity contribution in [3.8, 4) is 5.75 Å². The summed E-state index contributed by atoms with van der Waals surface area (Å²) in [5, 5.41) is 11.3. The van der Waals surface area contributed by atoms with Crippen molar-refractivity contribution < 1.29 is 14.5 Å². The van der Waals surface area contributed by atoms with Crippen LogP contribution in [0, 0.1) is 10.1 Å². The van der Waals surface area contributed by atoms with Gasteiger partial charge in [-0.2, -0.15) is 0 Å². The third-order valence-electron chi connectivity index (χ3n) is 3.73. The molecule has 7 heteroatoms. The number of rotatable bonds is 6. The van der Waals surface area contributed by atoms with Crippen molar-refractivity contribution in [2.75, 3.05) is 13.7 Å². The average Bonchev–Trinajstić information content (AvgIpc) is 2.59.